The highest BCUT2D eigenvalue weighted by Gasteiger charge is 2.22. The number of carbonyl (C=O) groups excluding carboxylic acids is 1. The van der Waals surface area contributed by atoms with Gasteiger partial charge >= 0.3 is 0 Å². The summed E-state index contributed by atoms with van der Waals surface area (Å²) in [6.45, 7) is 1.82. The highest BCUT2D eigenvalue weighted by atomic mass is 16.5. The number of aryl methyl sites for hydroxylation is 1. The molecule has 1 aliphatic rings. The summed E-state index contributed by atoms with van der Waals surface area (Å²) >= 11 is 0. The van der Waals surface area contributed by atoms with Gasteiger partial charge in [0.2, 0.25) is 5.88 Å². The molecular weight excluding hydrogens is 230 g/mol. The molecule has 0 aromatic carbocycles. The number of amides is 1. The SMILES string of the molecule is Cc1ccnc(OC2CCC(N)CC2)c1C(N)=O. The fourth-order valence-corrected chi connectivity index (χ4v) is 2.29. The molecule has 4 N–H and O–H groups in total. The van der Waals surface area contributed by atoms with Crippen LogP contribution in [0.1, 0.15) is 41.6 Å². The highest BCUT2D eigenvalue weighted by molar-refractivity contribution is 5.96. The third-order valence-corrected chi connectivity index (χ3v) is 3.37. The van der Waals surface area contributed by atoms with Crippen molar-refractivity contribution in [2.24, 2.45) is 11.5 Å². The molecular formula is C13H19N3O2. The minimum absolute atomic E-state index is 0.0807. The lowest BCUT2D eigenvalue weighted by atomic mass is 9.94. The van der Waals surface area contributed by atoms with Crippen LogP contribution in [0.5, 0.6) is 5.88 Å². The van der Waals surface area contributed by atoms with Crippen molar-refractivity contribution in [3.8, 4) is 5.88 Å². The molecule has 1 saturated carbocycles. The molecule has 18 heavy (non-hydrogen) atoms. The summed E-state index contributed by atoms with van der Waals surface area (Å²) < 4.78 is 5.81. The Morgan fingerprint density at radius 2 is 2.06 bits per heavy atom. The number of ether oxygens (including phenoxy) is 1. The van der Waals surface area contributed by atoms with Gasteiger partial charge < -0.3 is 16.2 Å². The van der Waals surface area contributed by atoms with Crippen molar-refractivity contribution in [1.29, 1.82) is 0 Å². The van der Waals surface area contributed by atoms with Crippen molar-refractivity contribution < 1.29 is 9.53 Å². The summed E-state index contributed by atoms with van der Waals surface area (Å²) in [7, 11) is 0. The third kappa shape index (κ3) is 2.79. The minimum atomic E-state index is -0.497. The van der Waals surface area contributed by atoms with Crippen molar-refractivity contribution in [2.75, 3.05) is 0 Å². The summed E-state index contributed by atoms with van der Waals surface area (Å²) in [5, 5.41) is 0. The van der Waals surface area contributed by atoms with E-state index in [1.54, 1.807) is 12.3 Å². The first-order chi connectivity index (χ1) is 8.58. The van der Waals surface area contributed by atoms with E-state index >= 15 is 0 Å². The Labute approximate surface area is 107 Å². The summed E-state index contributed by atoms with van der Waals surface area (Å²) in [6, 6.07) is 2.02. The number of nitrogens with two attached hydrogens (primary N) is 2. The Morgan fingerprint density at radius 3 is 2.67 bits per heavy atom. The molecule has 98 valence electrons. The van der Waals surface area contributed by atoms with Gasteiger partial charge in [-0.3, -0.25) is 4.79 Å². The number of rotatable bonds is 3. The van der Waals surface area contributed by atoms with E-state index in [9.17, 15) is 4.79 Å². The first-order valence-electron chi connectivity index (χ1n) is 6.25. The van der Waals surface area contributed by atoms with Gasteiger partial charge in [-0.1, -0.05) is 0 Å². The monoisotopic (exact) mass is 249 g/mol. The molecule has 1 aromatic heterocycles. The molecule has 0 spiro atoms. The van der Waals surface area contributed by atoms with E-state index in [4.69, 9.17) is 16.2 Å². The molecule has 2 rings (SSSR count). The maximum Gasteiger partial charge on any atom is 0.254 e. The standard InChI is InChI=1S/C13H19N3O2/c1-8-6-7-16-13(11(8)12(15)17)18-10-4-2-9(14)3-5-10/h6-7,9-10H,2-5,14H2,1H3,(H2,15,17). The molecule has 0 bridgehead atoms. The molecule has 0 saturated heterocycles. The first-order valence-corrected chi connectivity index (χ1v) is 6.25. The Balaban J connectivity index is 2.14. The van der Waals surface area contributed by atoms with E-state index in [0.717, 1.165) is 31.2 Å². The van der Waals surface area contributed by atoms with Gasteiger partial charge in [0.05, 0.1) is 0 Å². The van der Waals surface area contributed by atoms with Gasteiger partial charge in [-0.2, -0.15) is 0 Å². The number of hydrogen-bond acceptors (Lipinski definition) is 4. The van der Waals surface area contributed by atoms with Crippen LogP contribution in [0.4, 0.5) is 0 Å². The highest BCUT2D eigenvalue weighted by Crippen LogP contribution is 2.25. The molecule has 0 aliphatic heterocycles. The number of pyridine rings is 1. The molecule has 5 nitrogen and oxygen atoms in total. The van der Waals surface area contributed by atoms with Crippen LogP contribution >= 0.6 is 0 Å². The molecule has 1 amide bonds. The van der Waals surface area contributed by atoms with Crippen LogP contribution in [0.15, 0.2) is 12.3 Å². The molecule has 1 aliphatic carbocycles. The van der Waals surface area contributed by atoms with Gasteiger partial charge in [0.25, 0.3) is 5.91 Å². The number of carbonyl (C=O) groups is 1. The Kier molecular flexibility index (Phi) is 3.81. The van der Waals surface area contributed by atoms with Gasteiger partial charge in [-0.25, -0.2) is 4.98 Å². The van der Waals surface area contributed by atoms with Crippen molar-refractivity contribution in [3.05, 3.63) is 23.4 Å². The zero-order chi connectivity index (χ0) is 13.1. The van der Waals surface area contributed by atoms with Crippen molar-refractivity contribution in [3.63, 3.8) is 0 Å². The van der Waals surface area contributed by atoms with Crippen molar-refractivity contribution >= 4 is 5.91 Å². The summed E-state index contributed by atoms with van der Waals surface area (Å²) in [5.41, 5.74) is 12.4. The van der Waals surface area contributed by atoms with Crippen LogP contribution in [-0.2, 0) is 0 Å². The van der Waals surface area contributed by atoms with Crippen LogP contribution in [0, 0.1) is 6.92 Å². The molecule has 5 heteroatoms. The van der Waals surface area contributed by atoms with E-state index in [1.807, 2.05) is 6.92 Å². The van der Waals surface area contributed by atoms with Gasteiger partial charge in [0, 0.05) is 12.2 Å². The van der Waals surface area contributed by atoms with Crippen LogP contribution in [0.3, 0.4) is 0 Å². The number of hydrogen-bond donors (Lipinski definition) is 2. The minimum Gasteiger partial charge on any atom is -0.474 e. The zero-order valence-corrected chi connectivity index (χ0v) is 10.6. The predicted octanol–water partition coefficient (Wildman–Crippen LogP) is 1.14. The lowest BCUT2D eigenvalue weighted by molar-refractivity contribution is 0.0982. The van der Waals surface area contributed by atoms with Crippen molar-refractivity contribution in [2.45, 2.75) is 44.8 Å². The van der Waals surface area contributed by atoms with Crippen LogP contribution < -0.4 is 16.2 Å². The zero-order valence-electron chi connectivity index (χ0n) is 10.6. The summed E-state index contributed by atoms with van der Waals surface area (Å²) in [5.74, 6) is -0.147. The number of primary amides is 1. The Bertz CT molecular complexity index is 440. The predicted molar refractivity (Wildman–Crippen MR) is 68.4 cm³/mol. The smallest absolute Gasteiger partial charge is 0.254 e. The maximum absolute atomic E-state index is 11.4. The van der Waals surface area contributed by atoms with E-state index < -0.39 is 5.91 Å². The molecule has 0 atom stereocenters. The first kappa shape index (κ1) is 12.8. The van der Waals surface area contributed by atoms with Gasteiger partial charge in [0.15, 0.2) is 0 Å². The van der Waals surface area contributed by atoms with Gasteiger partial charge in [-0.15, -0.1) is 0 Å². The largest absolute Gasteiger partial charge is 0.474 e. The van der Waals surface area contributed by atoms with Crippen LogP contribution in [0.2, 0.25) is 0 Å². The normalized spacial score (nSPS) is 23.7. The molecule has 1 aromatic rings. The second kappa shape index (κ2) is 5.35. The topological polar surface area (TPSA) is 91.2 Å². The van der Waals surface area contributed by atoms with E-state index in [1.165, 1.54) is 0 Å². The second-order valence-electron chi connectivity index (χ2n) is 4.83. The molecule has 0 radical (unpaired) electrons. The van der Waals surface area contributed by atoms with Crippen LogP contribution in [-0.4, -0.2) is 23.0 Å². The van der Waals surface area contributed by atoms with Gasteiger partial charge in [0.1, 0.15) is 11.7 Å². The quantitative estimate of drug-likeness (QED) is 0.840. The lowest BCUT2D eigenvalue weighted by Gasteiger charge is -2.26. The van der Waals surface area contributed by atoms with E-state index in [2.05, 4.69) is 4.98 Å². The van der Waals surface area contributed by atoms with E-state index in [-0.39, 0.29) is 12.1 Å². The van der Waals surface area contributed by atoms with Crippen molar-refractivity contribution in [1.82, 2.24) is 4.98 Å². The average molecular weight is 249 g/mol. The third-order valence-electron chi connectivity index (χ3n) is 3.37. The second-order valence-corrected chi connectivity index (χ2v) is 4.83. The molecule has 1 fully saturated rings. The lowest BCUT2D eigenvalue weighted by Crippen LogP contribution is -2.32. The maximum atomic E-state index is 11.4. The summed E-state index contributed by atoms with van der Waals surface area (Å²) in [6.07, 6.45) is 5.40. The fourth-order valence-electron chi connectivity index (χ4n) is 2.29. The van der Waals surface area contributed by atoms with Crippen LogP contribution in [0.25, 0.3) is 0 Å². The molecule has 1 heterocycles. The fraction of sp³-hybridized carbons (Fsp3) is 0.538. The van der Waals surface area contributed by atoms with E-state index in [0.29, 0.717) is 11.4 Å². The number of nitrogens with zero attached hydrogens (tertiary/aromatic N) is 1. The van der Waals surface area contributed by atoms with Gasteiger partial charge in [-0.05, 0) is 44.2 Å². The molecule has 0 unspecified atom stereocenters. The Morgan fingerprint density at radius 1 is 1.39 bits per heavy atom. The average Bonchev–Trinajstić information content (AvgIpc) is 2.32. The number of aromatic nitrogens is 1. The summed E-state index contributed by atoms with van der Waals surface area (Å²) in [4.78, 5) is 15.5. The Hall–Kier alpha value is -1.62.